The average Bonchev–Trinajstić information content (AvgIpc) is 2.21. The van der Waals surface area contributed by atoms with Crippen molar-refractivity contribution in [3.05, 3.63) is 12.4 Å². The molecular formula is C12H20N4. The van der Waals surface area contributed by atoms with Gasteiger partial charge in [-0.2, -0.15) is 0 Å². The van der Waals surface area contributed by atoms with Gasteiger partial charge in [0.25, 0.3) is 0 Å². The summed E-state index contributed by atoms with van der Waals surface area (Å²) in [6, 6.07) is 2.28. The lowest BCUT2D eigenvalue weighted by molar-refractivity contribution is 0.216. The van der Waals surface area contributed by atoms with Crippen molar-refractivity contribution in [1.82, 2.24) is 9.97 Å². The van der Waals surface area contributed by atoms with E-state index < -0.39 is 0 Å². The fraction of sp³-hybridized carbons (Fsp3) is 0.667. The standard InChI is InChI=1S/C12H20N4/c1-12(2)6-4-3-5-9(12)16-11-7-10(13)14-8-15-11/h7-9H,3-6H2,1-2H3,(H3,13,14,15,16). The Morgan fingerprint density at radius 2 is 2.19 bits per heavy atom. The van der Waals surface area contributed by atoms with E-state index in [-0.39, 0.29) is 0 Å². The summed E-state index contributed by atoms with van der Waals surface area (Å²) >= 11 is 0. The summed E-state index contributed by atoms with van der Waals surface area (Å²) in [5.74, 6) is 1.36. The number of anilines is 2. The molecule has 1 atom stereocenters. The van der Waals surface area contributed by atoms with Crippen LogP contribution in [-0.4, -0.2) is 16.0 Å². The third-order valence-corrected chi connectivity index (χ3v) is 3.52. The highest BCUT2D eigenvalue weighted by molar-refractivity contribution is 5.44. The van der Waals surface area contributed by atoms with Crippen molar-refractivity contribution in [3.63, 3.8) is 0 Å². The lowest BCUT2D eigenvalue weighted by Gasteiger charge is -2.39. The summed E-state index contributed by atoms with van der Waals surface area (Å²) in [6.07, 6.45) is 6.61. The van der Waals surface area contributed by atoms with Crippen molar-refractivity contribution in [2.75, 3.05) is 11.1 Å². The maximum absolute atomic E-state index is 5.64. The van der Waals surface area contributed by atoms with E-state index in [1.54, 1.807) is 6.07 Å². The van der Waals surface area contributed by atoms with E-state index in [4.69, 9.17) is 5.73 Å². The summed E-state index contributed by atoms with van der Waals surface area (Å²) in [5, 5.41) is 3.48. The van der Waals surface area contributed by atoms with E-state index in [1.807, 2.05) is 0 Å². The Labute approximate surface area is 96.7 Å². The van der Waals surface area contributed by atoms with Crippen LogP contribution in [-0.2, 0) is 0 Å². The molecule has 0 amide bonds. The quantitative estimate of drug-likeness (QED) is 0.803. The van der Waals surface area contributed by atoms with E-state index in [0.717, 1.165) is 5.82 Å². The molecule has 88 valence electrons. The molecular weight excluding hydrogens is 200 g/mol. The molecule has 4 nitrogen and oxygen atoms in total. The number of nitrogens with one attached hydrogen (secondary N) is 1. The maximum Gasteiger partial charge on any atom is 0.131 e. The Morgan fingerprint density at radius 1 is 1.38 bits per heavy atom. The summed E-state index contributed by atoms with van der Waals surface area (Å²) in [7, 11) is 0. The van der Waals surface area contributed by atoms with Crippen molar-refractivity contribution in [2.45, 2.75) is 45.6 Å². The molecule has 1 aromatic rings. The maximum atomic E-state index is 5.64. The number of aromatic nitrogens is 2. The lowest BCUT2D eigenvalue weighted by Crippen LogP contribution is -2.39. The van der Waals surface area contributed by atoms with Crippen LogP contribution in [0.2, 0.25) is 0 Å². The van der Waals surface area contributed by atoms with Crippen molar-refractivity contribution < 1.29 is 0 Å². The number of nitrogen functional groups attached to an aromatic ring is 1. The zero-order valence-corrected chi connectivity index (χ0v) is 10.0. The van der Waals surface area contributed by atoms with Gasteiger partial charge in [0.05, 0.1) is 0 Å². The summed E-state index contributed by atoms with van der Waals surface area (Å²) in [4.78, 5) is 8.09. The first-order valence-electron chi connectivity index (χ1n) is 5.92. The van der Waals surface area contributed by atoms with Crippen molar-refractivity contribution in [2.24, 2.45) is 5.41 Å². The molecule has 4 heteroatoms. The van der Waals surface area contributed by atoms with Gasteiger partial charge in [-0.15, -0.1) is 0 Å². The second kappa shape index (κ2) is 4.28. The van der Waals surface area contributed by atoms with Gasteiger partial charge in [0.15, 0.2) is 0 Å². The molecule has 2 rings (SSSR count). The highest BCUT2D eigenvalue weighted by Gasteiger charge is 2.32. The van der Waals surface area contributed by atoms with Crippen LogP contribution in [0, 0.1) is 5.41 Å². The van der Waals surface area contributed by atoms with Gasteiger partial charge in [-0.1, -0.05) is 26.7 Å². The lowest BCUT2D eigenvalue weighted by atomic mass is 9.73. The van der Waals surface area contributed by atoms with Gasteiger partial charge in [0.1, 0.15) is 18.0 Å². The number of nitrogens with two attached hydrogens (primary N) is 1. The zero-order valence-electron chi connectivity index (χ0n) is 10.0. The number of hydrogen-bond donors (Lipinski definition) is 2. The van der Waals surface area contributed by atoms with E-state index in [2.05, 4.69) is 29.1 Å². The van der Waals surface area contributed by atoms with E-state index in [0.29, 0.717) is 17.3 Å². The molecule has 0 aliphatic heterocycles. The minimum absolute atomic E-state index is 0.331. The van der Waals surface area contributed by atoms with Crippen LogP contribution in [0.15, 0.2) is 12.4 Å². The second-order valence-electron chi connectivity index (χ2n) is 5.26. The fourth-order valence-corrected chi connectivity index (χ4v) is 2.39. The Morgan fingerprint density at radius 3 is 2.88 bits per heavy atom. The molecule has 16 heavy (non-hydrogen) atoms. The van der Waals surface area contributed by atoms with Gasteiger partial charge in [0, 0.05) is 12.1 Å². The molecule has 1 aliphatic carbocycles. The first kappa shape index (κ1) is 11.2. The largest absolute Gasteiger partial charge is 0.384 e. The highest BCUT2D eigenvalue weighted by atomic mass is 15.1. The third-order valence-electron chi connectivity index (χ3n) is 3.52. The molecule has 1 unspecified atom stereocenters. The predicted molar refractivity (Wildman–Crippen MR) is 66.1 cm³/mol. The van der Waals surface area contributed by atoms with Gasteiger partial charge in [-0.3, -0.25) is 0 Å². The van der Waals surface area contributed by atoms with Crippen molar-refractivity contribution >= 4 is 11.6 Å². The SMILES string of the molecule is CC1(C)CCCCC1Nc1cc(N)ncn1. The molecule has 0 aromatic carbocycles. The number of rotatable bonds is 2. The minimum Gasteiger partial charge on any atom is -0.384 e. The minimum atomic E-state index is 0.331. The molecule has 0 radical (unpaired) electrons. The van der Waals surface area contributed by atoms with Crippen LogP contribution in [0.25, 0.3) is 0 Å². The van der Waals surface area contributed by atoms with Crippen LogP contribution in [0.3, 0.4) is 0 Å². The van der Waals surface area contributed by atoms with Crippen LogP contribution in [0.5, 0.6) is 0 Å². The Hall–Kier alpha value is -1.32. The smallest absolute Gasteiger partial charge is 0.131 e. The second-order valence-corrected chi connectivity index (χ2v) is 5.26. The van der Waals surface area contributed by atoms with E-state index >= 15 is 0 Å². The van der Waals surface area contributed by atoms with Gasteiger partial charge in [-0.05, 0) is 18.3 Å². The summed E-state index contributed by atoms with van der Waals surface area (Å²) in [6.45, 7) is 4.63. The number of nitrogens with zero attached hydrogens (tertiary/aromatic N) is 2. The third kappa shape index (κ3) is 2.43. The van der Waals surface area contributed by atoms with E-state index in [1.165, 1.54) is 32.0 Å². The van der Waals surface area contributed by atoms with Gasteiger partial charge < -0.3 is 11.1 Å². The molecule has 0 saturated heterocycles. The molecule has 0 bridgehead atoms. The van der Waals surface area contributed by atoms with Gasteiger partial charge >= 0.3 is 0 Å². The van der Waals surface area contributed by atoms with Crippen LogP contribution in [0.1, 0.15) is 39.5 Å². The first-order valence-corrected chi connectivity index (χ1v) is 5.92. The Balaban J connectivity index is 2.08. The van der Waals surface area contributed by atoms with Crippen molar-refractivity contribution in [1.29, 1.82) is 0 Å². The fourth-order valence-electron chi connectivity index (χ4n) is 2.39. The molecule has 0 spiro atoms. The zero-order chi connectivity index (χ0) is 11.6. The molecule has 1 heterocycles. The predicted octanol–water partition coefficient (Wildman–Crippen LogP) is 2.44. The molecule has 1 aromatic heterocycles. The van der Waals surface area contributed by atoms with Gasteiger partial charge in [-0.25, -0.2) is 9.97 Å². The molecule has 1 saturated carbocycles. The molecule has 3 N–H and O–H groups in total. The number of hydrogen-bond acceptors (Lipinski definition) is 4. The van der Waals surface area contributed by atoms with Crippen LogP contribution < -0.4 is 11.1 Å². The van der Waals surface area contributed by atoms with Crippen LogP contribution >= 0.6 is 0 Å². The summed E-state index contributed by atoms with van der Waals surface area (Å²) in [5.41, 5.74) is 5.97. The Bertz CT molecular complexity index is 362. The van der Waals surface area contributed by atoms with Gasteiger partial charge in [0.2, 0.25) is 0 Å². The monoisotopic (exact) mass is 220 g/mol. The molecule has 1 fully saturated rings. The first-order chi connectivity index (χ1) is 7.58. The van der Waals surface area contributed by atoms with E-state index in [9.17, 15) is 0 Å². The highest BCUT2D eigenvalue weighted by Crippen LogP contribution is 2.36. The van der Waals surface area contributed by atoms with Crippen molar-refractivity contribution in [3.8, 4) is 0 Å². The average molecular weight is 220 g/mol. The topological polar surface area (TPSA) is 63.8 Å². The van der Waals surface area contributed by atoms with Crippen LogP contribution in [0.4, 0.5) is 11.6 Å². The summed E-state index contributed by atoms with van der Waals surface area (Å²) < 4.78 is 0. The normalized spacial score (nSPS) is 24.0. The molecule has 1 aliphatic rings. The Kier molecular flexibility index (Phi) is 2.99.